The Kier molecular flexibility index (Phi) is 8.33. The molecule has 2 fully saturated rings. The van der Waals surface area contributed by atoms with Gasteiger partial charge in [0, 0.05) is 18.8 Å². The number of nitrogens with zero attached hydrogens (tertiary/aromatic N) is 2. The molecule has 2 heterocycles. The third-order valence-corrected chi connectivity index (χ3v) is 5.89. The van der Waals surface area contributed by atoms with Crippen LogP contribution in [0.2, 0.25) is 0 Å². The highest BCUT2D eigenvalue weighted by atomic mass is 32.1. The molecule has 2 aliphatic rings. The van der Waals surface area contributed by atoms with Crippen molar-refractivity contribution in [2.45, 2.75) is 70.1 Å². The molecule has 4 atom stereocenters. The van der Waals surface area contributed by atoms with Gasteiger partial charge in [-0.3, -0.25) is 14.4 Å². The Balaban J connectivity index is 2.09. The molecule has 0 aromatic heterocycles. The Morgan fingerprint density at radius 2 is 1.69 bits per heavy atom. The number of carboxylic acid groups (broad SMARTS) is 1. The molecular weight excluding hydrogens is 396 g/mol. The van der Waals surface area contributed by atoms with Crippen LogP contribution in [-0.2, 0) is 19.2 Å². The number of hydrogen-bond donors (Lipinski definition) is 4. The molecule has 0 aliphatic carbocycles. The van der Waals surface area contributed by atoms with Crippen LogP contribution < -0.4 is 11.1 Å². The maximum atomic E-state index is 13.2. The van der Waals surface area contributed by atoms with E-state index >= 15 is 0 Å². The van der Waals surface area contributed by atoms with Crippen LogP contribution in [0.4, 0.5) is 0 Å². The molecule has 9 nitrogen and oxygen atoms in total. The smallest absolute Gasteiger partial charge is 0.326 e. The number of hydrogen-bond acceptors (Lipinski definition) is 6. The molecule has 4 unspecified atom stereocenters. The van der Waals surface area contributed by atoms with Gasteiger partial charge in [-0.2, -0.15) is 12.6 Å². The summed E-state index contributed by atoms with van der Waals surface area (Å²) in [5.74, 6) is -1.82. The van der Waals surface area contributed by atoms with E-state index in [0.29, 0.717) is 45.2 Å². The standard InChI is InChI=1S/C19H32N4O5S/c1-11(2)9-13(19(27)28)21-16(24)14-5-3-7-22(14)18(26)15-6-4-8-23(15)17(25)12(20)10-29/h11-15,29H,3-10,20H2,1-2H3,(H,21,24)(H,27,28). The average molecular weight is 429 g/mol. The van der Waals surface area contributed by atoms with E-state index in [1.165, 1.54) is 9.80 Å². The molecule has 29 heavy (non-hydrogen) atoms. The summed E-state index contributed by atoms with van der Waals surface area (Å²) in [5, 5.41) is 12.0. The highest BCUT2D eigenvalue weighted by molar-refractivity contribution is 7.80. The maximum absolute atomic E-state index is 13.2. The molecule has 0 aromatic rings. The van der Waals surface area contributed by atoms with Gasteiger partial charge in [-0.15, -0.1) is 0 Å². The van der Waals surface area contributed by atoms with Gasteiger partial charge in [0.1, 0.15) is 18.1 Å². The number of nitrogens with two attached hydrogens (primary N) is 1. The van der Waals surface area contributed by atoms with Crippen molar-refractivity contribution in [1.29, 1.82) is 0 Å². The lowest BCUT2D eigenvalue weighted by Crippen LogP contribution is -2.56. The van der Waals surface area contributed by atoms with E-state index in [1.807, 2.05) is 13.8 Å². The number of amides is 3. The number of rotatable bonds is 8. The summed E-state index contributed by atoms with van der Waals surface area (Å²) >= 11 is 4.06. The molecule has 0 spiro atoms. The van der Waals surface area contributed by atoms with Gasteiger partial charge in [0.05, 0.1) is 6.04 Å². The Morgan fingerprint density at radius 3 is 2.24 bits per heavy atom. The first kappa shape index (κ1) is 23.5. The van der Waals surface area contributed by atoms with Crippen LogP contribution in [0, 0.1) is 5.92 Å². The minimum absolute atomic E-state index is 0.104. The number of nitrogens with one attached hydrogen (secondary N) is 1. The molecule has 2 aliphatic heterocycles. The van der Waals surface area contributed by atoms with Gasteiger partial charge in [-0.25, -0.2) is 4.79 Å². The minimum atomic E-state index is -1.09. The lowest BCUT2D eigenvalue weighted by molar-refractivity contribution is -0.148. The molecule has 10 heteroatoms. The van der Waals surface area contributed by atoms with Crippen molar-refractivity contribution in [3.8, 4) is 0 Å². The third kappa shape index (κ3) is 5.63. The van der Waals surface area contributed by atoms with Crippen molar-refractivity contribution in [2.75, 3.05) is 18.8 Å². The first-order valence-corrected chi connectivity index (χ1v) is 10.8. The molecule has 0 radical (unpaired) electrons. The van der Waals surface area contributed by atoms with Crippen LogP contribution in [0.25, 0.3) is 0 Å². The number of carboxylic acids is 1. The zero-order valence-electron chi connectivity index (χ0n) is 17.0. The predicted molar refractivity (Wildman–Crippen MR) is 110 cm³/mol. The van der Waals surface area contributed by atoms with Gasteiger partial charge in [0.15, 0.2) is 0 Å². The predicted octanol–water partition coefficient (Wildman–Crippen LogP) is -0.159. The second-order valence-corrected chi connectivity index (χ2v) is 8.56. The first-order chi connectivity index (χ1) is 13.7. The fraction of sp³-hybridized carbons (Fsp3) is 0.789. The van der Waals surface area contributed by atoms with Crippen LogP contribution in [0.15, 0.2) is 0 Å². The van der Waals surface area contributed by atoms with E-state index in [4.69, 9.17) is 5.73 Å². The van der Waals surface area contributed by atoms with E-state index < -0.39 is 36.0 Å². The summed E-state index contributed by atoms with van der Waals surface area (Å²) < 4.78 is 0. The summed E-state index contributed by atoms with van der Waals surface area (Å²) in [6.45, 7) is 4.64. The monoisotopic (exact) mass is 428 g/mol. The Labute approximate surface area is 176 Å². The van der Waals surface area contributed by atoms with Gasteiger partial charge < -0.3 is 26.0 Å². The second-order valence-electron chi connectivity index (χ2n) is 8.20. The summed E-state index contributed by atoms with van der Waals surface area (Å²) in [6, 6.07) is -3.10. The van der Waals surface area contributed by atoms with Crippen LogP contribution in [0.1, 0.15) is 46.0 Å². The van der Waals surface area contributed by atoms with Gasteiger partial charge in [0.25, 0.3) is 0 Å². The average Bonchev–Trinajstić information content (AvgIpc) is 3.34. The van der Waals surface area contributed by atoms with Crippen LogP contribution in [0.3, 0.4) is 0 Å². The zero-order chi connectivity index (χ0) is 21.7. The van der Waals surface area contributed by atoms with E-state index in [0.717, 1.165) is 0 Å². The minimum Gasteiger partial charge on any atom is -0.480 e. The molecule has 3 amide bonds. The molecule has 4 N–H and O–H groups in total. The second kappa shape index (κ2) is 10.3. The summed E-state index contributed by atoms with van der Waals surface area (Å²) in [4.78, 5) is 52.9. The Bertz CT molecular complexity index is 644. The van der Waals surface area contributed by atoms with Crippen LogP contribution >= 0.6 is 12.6 Å². The van der Waals surface area contributed by atoms with Crippen LogP contribution in [0.5, 0.6) is 0 Å². The van der Waals surface area contributed by atoms with Crippen molar-refractivity contribution >= 4 is 36.3 Å². The van der Waals surface area contributed by atoms with Crippen molar-refractivity contribution in [3.05, 3.63) is 0 Å². The number of likely N-dealkylation sites (tertiary alicyclic amines) is 2. The number of carbonyl (C=O) groups excluding carboxylic acids is 3. The van der Waals surface area contributed by atoms with E-state index in [9.17, 15) is 24.3 Å². The largest absolute Gasteiger partial charge is 0.480 e. The summed E-state index contributed by atoms with van der Waals surface area (Å²) in [5.41, 5.74) is 5.80. The topological polar surface area (TPSA) is 133 Å². The molecule has 2 rings (SSSR count). The van der Waals surface area contributed by atoms with E-state index in [2.05, 4.69) is 17.9 Å². The van der Waals surface area contributed by atoms with Gasteiger partial charge in [-0.05, 0) is 38.0 Å². The molecular formula is C19H32N4O5S. The van der Waals surface area contributed by atoms with Gasteiger partial charge in [-0.1, -0.05) is 13.8 Å². The number of aliphatic carboxylic acids is 1. The molecule has 0 aromatic carbocycles. The summed E-state index contributed by atoms with van der Waals surface area (Å²) in [7, 11) is 0. The zero-order valence-corrected chi connectivity index (χ0v) is 17.9. The highest BCUT2D eigenvalue weighted by Gasteiger charge is 2.43. The van der Waals surface area contributed by atoms with Crippen molar-refractivity contribution in [2.24, 2.45) is 11.7 Å². The molecule has 0 bridgehead atoms. The fourth-order valence-corrected chi connectivity index (χ4v) is 4.19. The summed E-state index contributed by atoms with van der Waals surface area (Å²) in [6.07, 6.45) is 2.67. The Morgan fingerprint density at radius 1 is 1.10 bits per heavy atom. The van der Waals surface area contributed by atoms with Crippen molar-refractivity contribution in [3.63, 3.8) is 0 Å². The normalized spacial score (nSPS) is 23.9. The van der Waals surface area contributed by atoms with Gasteiger partial charge >= 0.3 is 5.97 Å². The van der Waals surface area contributed by atoms with Crippen molar-refractivity contribution in [1.82, 2.24) is 15.1 Å². The highest BCUT2D eigenvalue weighted by Crippen LogP contribution is 2.25. The van der Waals surface area contributed by atoms with Gasteiger partial charge in [0.2, 0.25) is 17.7 Å². The fourth-order valence-electron chi connectivity index (χ4n) is 4.03. The lowest BCUT2D eigenvalue weighted by Gasteiger charge is -2.32. The lowest BCUT2D eigenvalue weighted by atomic mass is 10.0. The number of thiol groups is 1. The Hall–Kier alpha value is -1.81. The van der Waals surface area contributed by atoms with Crippen molar-refractivity contribution < 1.29 is 24.3 Å². The first-order valence-electron chi connectivity index (χ1n) is 10.2. The maximum Gasteiger partial charge on any atom is 0.326 e. The third-order valence-electron chi connectivity index (χ3n) is 5.50. The van der Waals surface area contributed by atoms with E-state index in [1.54, 1.807) is 0 Å². The number of carbonyl (C=O) groups is 4. The van der Waals surface area contributed by atoms with Crippen LogP contribution in [-0.4, -0.2) is 81.6 Å². The SMILES string of the molecule is CC(C)CC(NC(=O)C1CCCN1C(=O)C1CCCN1C(=O)C(N)CS)C(=O)O. The van der Waals surface area contributed by atoms with E-state index in [-0.39, 0.29) is 23.5 Å². The molecule has 2 saturated heterocycles. The quantitative estimate of drug-likeness (QED) is 0.397. The molecule has 164 valence electrons. The molecule has 0 saturated carbocycles.